The predicted molar refractivity (Wildman–Crippen MR) is 90.5 cm³/mol. The second-order valence-corrected chi connectivity index (χ2v) is 6.45. The smallest absolute Gasteiger partial charge is 0.291 e. The normalized spacial score (nSPS) is 27.2. The van der Waals surface area contributed by atoms with Crippen LogP contribution < -0.4 is 4.74 Å². The van der Waals surface area contributed by atoms with Crippen LogP contribution in [0.3, 0.4) is 0 Å². The van der Waals surface area contributed by atoms with Crippen LogP contribution in [0.5, 0.6) is 5.75 Å². The summed E-state index contributed by atoms with van der Waals surface area (Å²) >= 11 is 0. The van der Waals surface area contributed by atoms with E-state index in [2.05, 4.69) is 0 Å². The Morgan fingerprint density at radius 2 is 1.92 bits per heavy atom. The number of hydrogen-bond donors (Lipinski definition) is 0. The minimum absolute atomic E-state index is 0.0247. The summed E-state index contributed by atoms with van der Waals surface area (Å²) in [4.78, 5) is 40.0. The molecule has 3 unspecified atom stereocenters. The summed E-state index contributed by atoms with van der Waals surface area (Å²) < 4.78 is 11.5. The highest BCUT2D eigenvalue weighted by Crippen LogP contribution is 2.51. The van der Waals surface area contributed by atoms with Crippen molar-refractivity contribution < 1.29 is 23.9 Å². The molecular formula is C19H23NO5. The summed E-state index contributed by atoms with van der Waals surface area (Å²) in [6, 6.07) is 7.18. The highest BCUT2D eigenvalue weighted by atomic mass is 16.5. The lowest BCUT2D eigenvalue weighted by Gasteiger charge is -2.42. The van der Waals surface area contributed by atoms with Crippen molar-refractivity contribution in [3.63, 3.8) is 0 Å². The van der Waals surface area contributed by atoms with Crippen LogP contribution in [0.2, 0.25) is 0 Å². The van der Waals surface area contributed by atoms with E-state index in [1.165, 1.54) is 12.0 Å². The Labute approximate surface area is 147 Å². The Morgan fingerprint density at radius 1 is 1.24 bits per heavy atom. The van der Waals surface area contributed by atoms with E-state index in [9.17, 15) is 14.4 Å². The molecule has 6 heteroatoms. The molecule has 3 atom stereocenters. The second kappa shape index (κ2) is 6.59. The number of likely N-dealkylation sites (N-methyl/N-ethyl adjacent to an activating group) is 1. The number of carbonyl (C=O) groups is 3. The van der Waals surface area contributed by atoms with Crippen LogP contribution in [0.15, 0.2) is 24.3 Å². The molecular weight excluding hydrogens is 322 g/mol. The van der Waals surface area contributed by atoms with Gasteiger partial charge in [0.2, 0.25) is 5.78 Å². The van der Waals surface area contributed by atoms with Crippen LogP contribution in [-0.4, -0.2) is 54.8 Å². The number of hydrogen-bond acceptors (Lipinski definition) is 5. The summed E-state index contributed by atoms with van der Waals surface area (Å²) in [5, 5.41) is 0. The highest BCUT2D eigenvalue weighted by molar-refractivity contribution is 6.40. The molecule has 0 aromatic heterocycles. The number of nitrogens with zero attached hydrogens (tertiary/aromatic N) is 1. The van der Waals surface area contributed by atoms with Gasteiger partial charge in [-0.05, 0) is 19.9 Å². The van der Waals surface area contributed by atoms with Gasteiger partial charge in [0.1, 0.15) is 23.1 Å². The van der Waals surface area contributed by atoms with Gasteiger partial charge in [-0.25, -0.2) is 0 Å². The summed E-state index contributed by atoms with van der Waals surface area (Å²) in [5.41, 5.74) is -0.622. The largest absolute Gasteiger partial charge is 0.488 e. The number of fused-ring (bicyclic) bond motifs is 3. The fraction of sp³-hybridized carbons (Fsp3) is 0.526. The lowest BCUT2D eigenvalue weighted by atomic mass is 9.63. The monoisotopic (exact) mass is 345 g/mol. The molecule has 25 heavy (non-hydrogen) atoms. The molecule has 0 spiro atoms. The first kappa shape index (κ1) is 17.6. The Balaban J connectivity index is 2.16. The summed E-state index contributed by atoms with van der Waals surface area (Å²) in [6.07, 6.45) is -1.22. The van der Waals surface area contributed by atoms with Crippen molar-refractivity contribution in [2.24, 2.45) is 0 Å². The van der Waals surface area contributed by atoms with E-state index < -0.39 is 29.3 Å². The third-order valence-corrected chi connectivity index (χ3v) is 5.35. The Hall–Kier alpha value is -2.21. The number of ketones is 2. The number of ether oxygens (including phenoxy) is 2. The Morgan fingerprint density at radius 3 is 2.56 bits per heavy atom. The molecule has 0 saturated heterocycles. The second-order valence-electron chi connectivity index (χ2n) is 6.45. The predicted octanol–water partition coefficient (Wildman–Crippen LogP) is 1.50. The van der Waals surface area contributed by atoms with Crippen LogP contribution in [-0.2, 0) is 24.5 Å². The van der Waals surface area contributed by atoms with Gasteiger partial charge < -0.3 is 14.4 Å². The quantitative estimate of drug-likeness (QED) is 0.756. The lowest BCUT2D eigenvalue weighted by molar-refractivity contribution is -0.157. The molecule has 1 aliphatic carbocycles. The molecule has 1 aromatic carbocycles. The maximum atomic E-state index is 13.4. The van der Waals surface area contributed by atoms with Crippen molar-refractivity contribution in [2.45, 2.75) is 44.3 Å². The zero-order valence-corrected chi connectivity index (χ0v) is 14.8. The fourth-order valence-corrected chi connectivity index (χ4v) is 4.09. The van der Waals surface area contributed by atoms with Gasteiger partial charge in [0, 0.05) is 38.6 Å². The van der Waals surface area contributed by atoms with Gasteiger partial charge >= 0.3 is 0 Å². The number of benzene rings is 1. The summed E-state index contributed by atoms with van der Waals surface area (Å²) in [5.74, 6) is -0.578. The number of para-hydroxylation sites is 1. The van der Waals surface area contributed by atoms with Gasteiger partial charge in [0.05, 0.1) is 6.10 Å². The number of amides is 1. The minimum Gasteiger partial charge on any atom is -0.488 e. The van der Waals surface area contributed by atoms with Gasteiger partial charge in [-0.2, -0.15) is 0 Å². The molecule has 0 radical (unpaired) electrons. The lowest BCUT2D eigenvalue weighted by Crippen LogP contribution is -2.62. The Bertz CT molecular complexity index is 700. The number of carbonyl (C=O) groups excluding carboxylic acids is 3. The van der Waals surface area contributed by atoms with E-state index in [1.54, 1.807) is 12.1 Å². The average Bonchev–Trinajstić information content (AvgIpc) is 2.95. The van der Waals surface area contributed by atoms with Crippen molar-refractivity contribution in [3.8, 4) is 5.75 Å². The van der Waals surface area contributed by atoms with Crippen molar-refractivity contribution in [3.05, 3.63) is 29.8 Å². The van der Waals surface area contributed by atoms with Gasteiger partial charge in [-0.15, -0.1) is 0 Å². The average molecular weight is 345 g/mol. The van der Waals surface area contributed by atoms with E-state index in [1.807, 2.05) is 26.0 Å². The minimum atomic E-state index is -1.26. The highest BCUT2D eigenvalue weighted by Gasteiger charge is 2.64. The molecule has 1 aromatic rings. The van der Waals surface area contributed by atoms with Crippen molar-refractivity contribution in [2.75, 3.05) is 20.2 Å². The van der Waals surface area contributed by atoms with E-state index >= 15 is 0 Å². The van der Waals surface area contributed by atoms with Crippen LogP contribution >= 0.6 is 0 Å². The first-order valence-corrected chi connectivity index (χ1v) is 8.64. The molecule has 0 N–H and O–H groups in total. The molecule has 3 rings (SSSR count). The molecule has 1 heterocycles. The number of Topliss-reactive ketones (excluding diaryl/α,β-unsaturated/α-hetero) is 2. The number of methoxy groups -OCH3 is 1. The molecule has 0 bridgehead atoms. The Kier molecular flexibility index (Phi) is 4.64. The zero-order chi connectivity index (χ0) is 18.2. The summed E-state index contributed by atoms with van der Waals surface area (Å²) in [6.45, 7) is 4.56. The van der Waals surface area contributed by atoms with E-state index in [4.69, 9.17) is 9.47 Å². The molecule has 6 nitrogen and oxygen atoms in total. The third kappa shape index (κ3) is 2.47. The van der Waals surface area contributed by atoms with Crippen LogP contribution in [0.25, 0.3) is 0 Å². The molecule has 1 fully saturated rings. The van der Waals surface area contributed by atoms with Gasteiger partial charge in [0.15, 0.2) is 0 Å². The molecule has 1 saturated carbocycles. The number of rotatable bonds is 5. The fourth-order valence-electron chi connectivity index (χ4n) is 4.09. The van der Waals surface area contributed by atoms with Gasteiger partial charge in [-0.3, -0.25) is 14.4 Å². The van der Waals surface area contributed by atoms with Crippen molar-refractivity contribution in [1.29, 1.82) is 0 Å². The third-order valence-electron chi connectivity index (χ3n) is 5.35. The molecule has 1 amide bonds. The van der Waals surface area contributed by atoms with Crippen LogP contribution in [0, 0.1) is 0 Å². The van der Waals surface area contributed by atoms with E-state index in [0.29, 0.717) is 24.4 Å². The van der Waals surface area contributed by atoms with Crippen LogP contribution in [0.4, 0.5) is 0 Å². The SMILES string of the molecule is CCN(CC)C(=O)C(=O)C12c3ccccc3OC1CC(=O)CC2OC. The molecule has 134 valence electrons. The van der Waals surface area contributed by atoms with E-state index in [-0.39, 0.29) is 18.6 Å². The maximum absolute atomic E-state index is 13.4. The maximum Gasteiger partial charge on any atom is 0.291 e. The molecule has 2 aliphatic rings. The van der Waals surface area contributed by atoms with Crippen LogP contribution in [0.1, 0.15) is 32.3 Å². The van der Waals surface area contributed by atoms with Crippen molar-refractivity contribution in [1.82, 2.24) is 4.90 Å². The standard InChI is InChI=1S/C19H23NO5/c1-4-20(5-2)18(23)17(22)19-13-8-6-7-9-14(13)25-16(19)11-12(21)10-15(19)24-3/h6-9,15-16H,4-5,10-11H2,1-3H3. The zero-order valence-electron chi connectivity index (χ0n) is 14.8. The van der Waals surface area contributed by atoms with E-state index in [0.717, 1.165) is 0 Å². The topological polar surface area (TPSA) is 72.9 Å². The molecule has 1 aliphatic heterocycles. The van der Waals surface area contributed by atoms with Gasteiger partial charge in [0.25, 0.3) is 5.91 Å². The summed E-state index contributed by atoms with van der Waals surface area (Å²) in [7, 11) is 1.47. The van der Waals surface area contributed by atoms with Gasteiger partial charge in [-0.1, -0.05) is 18.2 Å². The first-order valence-electron chi connectivity index (χ1n) is 8.64. The first-order chi connectivity index (χ1) is 12.0. The van der Waals surface area contributed by atoms with Crippen molar-refractivity contribution >= 4 is 17.5 Å².